The number of phenols is 1. The van der Waals surface area contributed by atoms with E-state index in [9.17, 15) is 18.7 Å². The molecule has 23 heavy (non-hydrogen) atoms. The number of halogens is 2. The van der Waals surface area contributed by atoms with Gasteiger partial charge in [0.25, 0.3) is 11.8 Å². The van der Waals surface area contributed by atoms with Crippen molar-refractivity contribution >= 4 is 5.91 Å². The lowest BCUT2D eigenvalue weighted by atomic mass is 9.86. The summed E-state index contributed by atoms with van der Waals surface area (Å²) in [6.45, 7) is 3.12. The van der Waals surface area contributed by atoms with Crippen molar-refractivity contribution in [2.75, 3.05) is 19.8 Å². The highest BCUT2D eigenvalue weighted by atomic mass is 19.3. The molecule has 0 aliphatic heterocycles. The predicted molar refractivity (Wildman–Crippen MR) is 84.2 cm³/mol. The SMILES string of the molecule is C.CC(F)(F)C(C)(C)CNC(=O)c1ccc(OCCO)c(O)c1. The maximum atomic E-state index is 13.4. The van der Waals surface area contributed by atoms with Crippen molar-refractivity contribution in [3.63, 3.8) is 0 Å². The number of ether oxygens (including phenoxy) is 1. The molecule has 7 heteroatoms. The summed E-state index contributed by atoms with van der Waals surface area (Å²) in [5, 5.41) is 20.8. The van der Waals surface area contributed by atoms with Crippen molar-refractivity contribution in [2.24, 2.45) is 5.41 Å². The van der Waals surface area contributed by atoms with Gasteiger partial charge in [-0.2, -0.15) is 0 Å². The van der Waals surface area contributed by atoms with Crippen LogP contribution in [0.15, 0.2) is 18.2 Å². The molecule has 1 rings (SSSR count). The highest BCUT2D eigenvalue weighted by molar-refractivity contribution is 5.94. The number of nitrogens with one attached hydrogen (secondary N) is 1. The van der Waals surface area contributed by atoms with Gasteiger partial charge in [0, 0.05) is 17.5 Å². The van der Waals surface area contributed by atoms with E-state index in [1.807, 2.05) is 0 Å². The van der Waals surface area contributed by atoms with Crippen LogP contribution in [0.4, 0.5) is 8.78 Å². The Morgan fingerprint density at radius 1 is 1.30 bits per heavy atom. The molecule has 0 aromatic heterocycles. The number of alkyl halides is 2. The van der Waals surface area contributed by atoms with Crippen molar-refractivity contribution in [2.45, 2.75) is 34.1 Å². The average molecular weight is 333 g/mol. The molecule has 0 aliphatic rings. The fraction of sp³-hybridized carbons (Fsp3) is 0.562. The van der Waals surface area contributed by atoms with Crippen LogP contribution in [0.3, 0.4) is 0 Å². The normalized spacial score (nSPS) is 11.6. The van der Waals surface area contributed by atoms with Crippen molar-refractivity contribution in [3.8, 4) is 11.5 Å². The summed E-state index contributed by atoms with van der Waals surface area (Å²) in [4.78, 5) is 11.9. The van der Waals surface area contributed by atoms with Crippen LogP contribution in [0.1, 0.15) is 38.6 Å². The molecule has 0 atom stereocenters. The number of carbonyl (C=O) groups is 1. The molecule has 0 aliphatic carbocycles. The Bertz CT molecular complexity index is 527. The fourth-order valence-corrected chi connectivity index (χ4v) is 1.49. The van der Waals surface area contributed by atoms with Crippen molar-refractivity contribution in [1.82, 2.24) is 5.32 Å². The summed E-state index contributed by atoms with van der Waals surface area (Å²) in [5.41, 5.74) is -1.27. The monoisotopic (exact) mass is 333 g/mol. The molecule has 3 N–H and O–H groups in total. The summed E-state index contributed by atoms with van der Waals surface area (Å²) in [6, 6.07) is 3.96. The minimum Gasteiger partial charge on any atom is -0.504 e. The largest absolute Gasteiger partial charge is 0.504 e. The minimum atomic E-state index is -2.94. The minimum absolute atomic E-state index is 0. The molecule has 0 fully saturated rings. The summed E-state index contributed by atoms with van der Waals surface area (Å²) < 4.78 is 31.8. The van der Waals surface area contributed by atoms with E-state index in [0.717, 1.165) is 6.92 Å². The second-order valence-corrected chi connectivity index (χ2v) is 5.71. The number of aromatic hydroxyl groups is 1. The number of benzene rings is 1. The Balaban J connectivity index is 0.00000484. The molecule has 0 spiro atoms. The smallest absolute Gasteiger partial charge is 0.252 e. The van der Waals surface area contributed by atoms with Gasteiger partial charge >= 0.3 is 0 Å². The van der Waals surface area contributed by atoms with Crippen molar-refractivity contribution < 1.29 is 28.5 Å². The van der Waals surface area contributed by atoms with E-state index in [4.69, 9.17) is 9.84 Å². The first-order valence-electron chi connectivity index (χ1n) is 6.81. The van der Waals surface area contributed by atoms with Gasteiger partial charge in [-0.15, -0.1) is 0 Å². The zero-order chi connectivity index (χ0) is 17.0. The third-order valence-electron chi connectivity index (χ3n) is 3.45. The number of hydrogen-bond donors (Lipinski definition) is 3. The second-order valence-electron chi connectivity index (χ2n) is 5.71. The van der Waals surface area contributed by atoms with E-state index in [0.29, 0.717) is 0 Å². The van der Waals surface area contributed by atoms with Gasteiger partial charge in [0.15, 0.2) is 11.5 Å². The van der Waals surface area contributed by atoms with Crippen molar-refractivity contribution in [1.29, 1.82) is 0 Å². The Hall–Kier alpha value is -1.89. The fourth-order valence-electron chi connectivity index (χ4n) is 1.49. The Kier molecular flexibility index (Phi) is 7.43. The van der Waals surface area contributed by atoms with Crippen LogP contribution >= 0.6 is 0 Å². The zero-order valence-corrected chi connectivity index (χ0v) is 12.8. The Labute approximate surface area is 135 Å². The maximum Gasteiger partial charge on any atom is 0.252 e. The van der Waals surface area contributed by atoms with Gasteiger partial charge in [-0.3, -0.25) is 4.79 Å². The molecule has 0 saturated carbocycles. The van der Waals surface area contributed by atoms with Gasteiger partial charge in [0.05, 0.1) is 6.61 Å². The molecule has 0 unspecified atom stereocenters. The second kappa shape index (κ2) is 8.10. The van der Waals surface area contributed by atoms with Gasteiger partial charge in [-0.1, -0.05) is 21.3 Å². The van der Waals surface area contributed by atoms with Crippen LogP contribution in [0.25, 0.3) is 0 Å². The first kappa shape index (κ1) is 21.1. The third kappa shape index (κ3) is 5.67. The predicted octanol–water partition coefficient (Wildman–Crippen LogP) is 2.81. The number of aliphatic hydroxyl groups is 1. The number of amides is 1. The zero-order valence-electron chi connectivity index (χ0n) is 12.8. The van der Waals surface area contributed by atoms with E-state index in [-0.39, 0.29) is 44.2 Å². The lowest BCUT2D eigenvalue weighted by molar-refractivity contribution is -0.0857. The molecule has 5 nitrogen and oxygen atoms in total. The highest BCUT2D eigenvalue weighted by Crippen LogP contribution is 2.35. The molecule has 1 aromatic carbocycles. The number of aliphatic hydroxyl groups excluding tert-OH is 1. The number of carbonyl (C=O) groups excluding carboxylic acids is 1. The van der Waals surface area contributed by atoms with E-state index in [1.54, 1.807) is 0 Å². The lowest BCUT2D eigenvalue weighted by Crippen LogP contribution is -2.43. The van der Waals surface area contributed by atoms with Crippen LogP contribution in [0, 0.1) is 5.41 Å². The molecule has 132 valence electrons. The van der Waals surface area contributed by atoms with E-state index in [1.165, 1.54) is 32.0 Å². The van der Waals surface area contributed by atoms with Crippen LogP contribution < -0.4 is 10.1 Å². The van der Waals surface area contributed by atoms with Crippen LogP contribution in [0.2, 0.25) is 0 Å². The topological polar surface area (TPSA) is 78.8 Å². The molecule has 0 saturated heterocycles. The van der Waals surface area contributed by atoms with Gasteiger partial charge in [-0.25, -0.2) is 8.78 Å². The molecule has 0 bridgehead atoms. The average Bonchev–Trinajstić information content (AvgIpc) is 2.42. The molecule has 1 aromatic rings. The van der Waals surface area contributed by atoms with Gasteiger partial charge in [-0.05, 0) is 25.1 Å². The first-order valence-corrected chi connectivity index (χ1v) is 6.81. The molecular formula is C16H25F2NO4. The number of hydrogen-bond acceptors (Lipinski definition) is 4. The quantitative estimate of drug-likeness (QED) is 0.717. The first-order chi connectivity index (χ1) is 10.1. The van der Waals surface area contributed by atoms with E-state index in [2.05, 4.69) is 5.32 Å². The van der Waals surface area contributed by atoms with E-state index < -0.39 is 17.2 Å². The summed E-state index contributed by atoms with van der Waals surface area (Å²) >= 11 is 0. The Morgan fingerprint density at radius 3 is 2.39 bits per heavy atom. The number of phenolic OH excluding ortho intramolecular Hbond substituents is 1. The third-order valence-corrected chi connectivity index (χ3v) is 3.45. The molecule has 1 amide bonds. The number of rotatable bonds is 7. The Morgan fingerprint density at radius 2 is 1.91 bits per heavy atom. The lowest BCUT2D eigenvalue weighted by Gasteiger charge is -2.31. The highest BCUT2D eigenvalue weighted by Gasteiger charge is 2.42. The van der Waals surface area contributed by atoms with Gasteiger partial charge in [0.1, 0.15) is 6.61 Å². The van der Waals surface area contributed by atoms with Crippen LogP contribution in [-0.2, 0) is 0 Å². The summed E-state index contributed by atoms with van der Waals surface area (Å²) in [7, 11) is 0. The molecule has 0 heterocycles. The standard InChI is InChI=1S/C15H21F2NO4.CH4/c1-14(2,15(3,16)17)9-18-13(21)10-4-5-12(11(20)8-10)22-7-6-19;/h4-5,8,19-20H,6-7,9H2,1-3H3,(H,18,21);1H4. The van der Waals surface area contributed by atoms with Gasteiger partial charge < -0.3 is 20.3 Å². The van der Waals surface area contributed by atoms with Crippen LogP contribution in [0.5, 0.6) is 11.5 Å². The van der Waals surface area contributed by atoms with E-state index >= 15 is 0 Å². The summed E-state index contributed by atoms with van der Waals surface area (Å²) in [5.74, 6) is -3.64. The van der Waals surface area contributed by atoms with Gasteiger partial charge in [0.2, 0.25) is 0 Å². The maximum absolute atomic E-state index is 13.4. The van der Waals surface area contributed by atoms with Crippen molar-refractivity contribution in [3.05, 3.63) is 23.8 Å². The molecular weight excluding hydrogens is 308 g/mol. The van der Waals surface area contributed by atoms with Crippen LogP contribution in [-0.4, -0.2) is 41.8 Å². The summed E-state index contributed by atoms with van der Waals surface area (Å²) in [6.07, 6.45) is 0. The molecule has 0 radical (unpaired) electrons.